The van der Waals surface area contributed by atoms with Gasteiger partial charge < -0.3 is 19.4 Å². The standard InChI is InChI=1S/C29H28ClN7O6/c1-15-6-19(27-20(7-15)26(39)16(2)13-42-27)22(32-21-4-5-23(30)33-25(21)28-34-29(40)43-35-28)8-17-9-31-37(10-17)18-11-36(12-18)24(38)14-41-3/h4-7,9-10,13,18,22,32H,8,11-12,14H2,1-3H3,(H,34,35,40). The Morgan fingerprint density at radius 1 is 1.26 bits per heavy atom. The number of methoxy groups -OCH3 is 1. The normalized spacial score (nSPS) is 14.2. The van der Waals surface area contributed by atoms with Crippen molar-refractivity contribution < 1.29 is 18.5 Å². The van der Waals surface area contributed by atoms with Crippen LogP contribution in [0.2, 0.25) is 5.15 Å². The summed E-state index contributed by atoms with van der Waals surface area (Å²) < 4.78 is 17.5. The Labute approximate surface area is 249 Å². The summed E-state index contributed by atoms with van der Waals surface area (Å²) in [5, 5.41) is 12.5. The molecule has 0 radical (unpaired) electrons. The number of pyridine rings is 1. The molecule has 4 aromatic heterocycles. The number of aromatic nitrogens is 5. The number of nitrogens with zero attached hydrogens (tertiary/aromatic N) is 5. The molecule has 1 aliphatic rings. The number of aromatic amines is 1. The van der Waals surface area contributed by atoms with Gasteiger partial charge in [0.1, 0.15) is 23.0 Å². The van der Waals surface area contributed by atoms with E-state index in [1.165, 1.54) is 13.4 Å². The highest BCUT2D eigenvalue weighted by atomic mass is 35.5. The maximum Gasteiger partial charge on any atom is 0.439 e. The minimum Gasteiger partial charge on any atom is -0.463 e. The summed E-state index contributed by atoms with van der Waals surface area (Å²) in [5.41, 5.74) is 4.18. The number of H-pyrrole nitrogens is 1. The number of carbonyl (C=O) groups is 1. The van der Waals surface area contributed by atoms with Gasteiger partial charge in [-0.25, -0.2) is 9.78 Å². The van der Waals surface area contributed by atoms with Gasteiger partial charge in [0, 0.05) is 37.5 Å². The van der Waals surface area contributed by atoms with E-state index in [-0.39, 0.29) is 40.7 Å². The molecule has 222 valence electrons. The lowest BCUT2D eigenvalue weighted by Crippen LogP contribution is -2.52. The quantitative estimate of drug-likeness (QED) is 0.238. The monoisotopic (exact) mass is 605 g/mol. The van der Waals surface area contributed by atoms with Crippen molar-refractivity contribution in [2.75, 3.05) is 32.1 Å². The lowest BCUT2D eigenvalue weighted by molar-refractivity contribution is -0.141. The zero-order valence-electron chi connectivity index (χ0n) is 23.6. The summed E-state index contributed by atoms with van der Waals surface area (Å²) in [7, 11) is 1.50. The van der Waals surface area contributed by atoms with Crippen molar-refractivity contribution >= 4 is 34.2 Å². The lowest BCUT2D eigenvalue weighted by atomic mass is 9.95. The molecular formula is C29H28ClN7O6. The van der Waals surface area contributed by atoms with Gasteiger partial charge >= 0.3 is 5.76 Å². The van der Waals surface area contributed by atoms with E-state index in [0.717, 1.165) is 16.7 Å². The van der Waals surface area contributed by atoms with Crippen molar-refractivity contribution in [2.24, 2.45) is 0 Å². The molecule has 5 heterocycles. The van der Waals surface area contributed by atoms with Gasteiger partial charge in [0.2, 0.25) is 11.7 Å². The van der Waals surface area contributed by atoms with Crippen LogP contribution in [-0.2, 0) is 16.0 Å². The molecule has 5 aromatic rings. The van der Waals surface area contributed by atoms with Gasteiger partial charge in [0.15, 0.2) is 5.43 Å². The molecule has 2 N–H and O–H groups in total. The smallest absolute Gasteiger partial charge is 0.439 e. The summed E-state index contributed by atoms with van der Waals surface area (Å²) in [6.07, 6.45) is 5.63. The summed E-state index contributed by atoms with van der Waals surface area (Å²) >= 11 is 6.21. The molecule has 1 amide bonds. The van der Waals surface area contributed by atoms with Crippen LogP contribution in [0.5, 0.6) is 0 Å². The van der Waals surface area contributed by atoms with Crippen LogP contribution in [0.3, 0.4) is 0 Å². The Kier molecular flexibility index (Phi) is 7.59. The number of rotatable bonds is 9. The van der Waals surface area contributed by atoms with E-state index >= 15 is 0 Å². The summed E-state index contributed by atoms with van der Waals surface area (Å²) in [6, 6.07) is 6.73. The topological polar surface area (TPSA) is 161 Å². The van der Waals surface area contributed by atoms with Crippen LogP contribution < -0.4 is 16.5 Å². The average Bonchev–Trinajstić information content (AvgIpc) is 3.59. The maximum absolute atomic E-state index is 13.1. The summed E-state index contributed by atoms with van der Waals surface area (Å²) in [5.74, 6) is -0.679. The summed E-state index contributed by atoms with van der Waals surface area (Å²) in [6.45, 7) is 4.78. The first-order valence-electron chi connectivity index (χ1n) is 13.5. The van der Waals surface area contributed by atoms with Crippen LogP contribution in [0, 0.1) is 13.8 Å². The Morgan fingerprint density at radius 3 is 2.81 bits per heavy atom. The molecule has 0 spiro atoms. The first kappa shape index (κ1) is 28.4. The molecule has 1 saturated heterocycles. The first-order chi connectivity index (χ1) is 20.7. The van der Waals surface area contributed by atoms with Crippen LogP contribution in [0.15, 0.2) is 61.5 Å². The number of anilines is 1. The van der Waals surface area contributed by atoms with Gasteiger partial charge in [-0.05, 0) is 49.6 Å². The van der Waals surface area contributed by atoms with Crippen LogP contribution in [0.1, 0.15) is 34.3 Å². The van der Waals surface area contributed by atoms with Gasteiger partial charge in [-0.2, -0.15) is 5.10 Å². The average molecular weight is 606 g/mol. The second-order valence-electron chi connectivity index (χ2n) is 10.6. The molecule has 13 nitrogen and oxygen atoms in total. The van der Waals surface area contributed by atoms with E-state index in [1.54, 1.807) is 30.2 Å². The number of benzene rings is 1. The van der Waals surface area contributed by atoms with Crippen molar-refractivity contribution in [3.8, 4) is 11.5 Å². The highest BCUT2D eigenvalue weighted by molar-refractivity contribution is 6.29. The largest absolute Gasteiger partial charge is 0.463 e. The van der Waals surface area contributed by atoms with Crippen molar-refractivity contribution in [1.29, 1.82) is 0 Å². The minimum absolute atomic E-state index is 0.0499. The number of likely N-dealkylation sites (tertiary alicyclic amines) is 1. The van der Waals surface area contributed by atoms with Crippen LogP contribution in [0.25, 0.3) is 22.5 Å². The van der Waals surface area contributed by atoms with E-state index in [0.29, 0.717) is 41.7 Å². The summed E-state index contributed by atoms with van der Waals surface area (Å²) in [4.78, 5) is 45.5. The lowest BCUT2D eigenvalue weighted by Gasteiger charge is -2.39. The first-order valence-corrected chi connectivity index (χ1v) is 13.9. The van der Waals surface area contributed by atoms with Gasteiger partial charge in [-0.3, -0.25) is 23.8 Å². The second kappa shape index (κ2) is 11.5. The molecule has 1 atom stereocenters. The van der Waals surface area contributed by atoms with E-state index in [1.807, 2.05) is 29.9 Å². The SMILES string of the molecule is COCC(=O)N1CC(n2cc(CC(Nc3ccc(Cl)nc3-c3noc(=O)[nH]3)c3cc(C)cc4c(=O)c(C)coc34)cn2)C1. The fourth-order valence-corrected chi connectivity index (χ4v) is 5.37. The third-order valence-electron chi connectivity index (χ3n) is 7.40. The Bertz CT molecular complexity index is 1940. The number of fused-ring (bicyclic) bond motifs is 1. The number of aryl methyl sites for hydroxylation is 2. The number of amides is 1. The molecule has 1 aromatic carbocycles. The van der Waals surface area contributed by atoms with Crippen LogP contribution in [0.4, 0.5) is 5.69 Å². The van der Waals surface area contributed by atoms with Crippen molar-refractivity contribution in [3.05, 3.63) is 91.1 Å². The van der Waals surface area contributed by atoms with E-state index in [9.17, 15) is 14.4 Å². The fourth-order valence-electron chi connectivity index (χ4n) is 5.22. The third-order valence-corrected chi connectivity index (χ3v) is 7.61. The van der Waals surface area contributed by atoms with Gasteiger partial charge in [0.05, 0.1) is 35.6 Å². The molecule has 0 bridgehead atoms. The second-order valence-corrected chi connectivity index (χ2v) is 11.0. The molecule has 43 heavy (non-hydrogen) atoms. The van der Waals surface area contributed by atoms with Gasteiger partial charge in [-0.1, -0.05) is 22.8 Å². The van der Waals surface area contributed by atoms with Crippen LogP contribution in [-0.4, -0.2) is 62.5 Å². The number of halogens is 1. The number of nitrogens with one attached hydrogen (secondary N) is 2. The molecular weight excluding hydrogens is 578 g/mol. The predicted molar refractivity (Wildman–Crippen MR) is 157 cm³/mol. The van der Waals surface area contributed by atoms with Crippen molar-refractivity contribution in [3.63, 3.8) is 0 Å². The number of ether oxygens (including phenoxy) is 1. The molecule has 14 heteroatoms. The molecule has 1 unspecified atom stereocenters. The Balaban J connectivity index is 1.38. The van der Waals surface area contributed by atoms with E-state index < -0.39 is 11.8 Å². The van der Waals surface area contributed by atoms with E-state index in [4.69, 9.17) is 25.3 Å². The zero-order valence-corrected chi connectivity index (χ0v) is 24.3. The Hall–Kier alpha value is -4.75. The molecule has 0 saturated carbocycles. The maximum atomic E-state index is 13.1. The number of hydrogen-bond acceptors (Lipinski definition) is 10. The van der Waals surface area contributed by atoms with Crippen molar-refractivity contribution in [1.82, 2.24) is 29.8 Å². The Morgan fingerprint density at radius 2 is 2.07 bits per heavy atom. The van der Waals surface area contributed by atoms with Crippen molar-refractivity contribution in [2.45, 2.75) is 32.4 Å². The number of carbonyl (C=O) groups excluding carboxylic acids is 1. The highest BCUT2D eigenvalue weighted by Gasteiger charge is 2.32. The minimum atomic E-state index is -0.730. The number of hydrogen-bond donors (Lipinski definition) is 2. The third kappa shape index (κ3) is 5.68. The zero-order chi connectivity index (χ0) is 30.2. The molecule has 6 rings (SSSR count). The van der Waals surface area contributed by atoms with Gasteiger partial charge in [0.25, 0.3) is 0 Å². The molecule has 0 aliphatic carbocycles. The van der Waals surface area contributed by atoms with Crippen LogP contribution >= 0.6 is 11.6 Å². The fraction of sp³-hybridized carbons (Fsp3) is 0.310. The highest BCUT2D eigenvalue weighted by Crippen LogP contribution is 2.34. The van der Waals surface area contributed by atoms with Gasteiger partial charge in [-0.15, -0.1) is 0 Å². The molecule has 1 fully saturated rings. The van der Waals surface area contributed by atoms with E-state index in [2.05, 4.69) is 25.5 Å². The molecule has 1 aliphatic heterocycles. The predicted octanol–water partition coefficient (Wildman–Crippen LogP) is 3.42.